The molecule has 0 heterocycles. The topological polar surface area (TPSA) is 58.6 Å². The minimum absolute atomic E-state index is 0.174. The highest BCUT2D eigenvalue weighted by atomic mass is 35.5. The monoisotopic (exact) mass is 478 g/mol. The Bertz CT molecular complexity index is 1100. The summed E-state index contributed by atoms with van der Waals surface area (Å²) in [6.07, 6.45) is 0.384. The van der Waals surface area contributed by atoms with E-state index in [9.17, 15) is 9.59 Å². The number of hydrogen-bond donors (Lipinski definition) is 1. The van der Waals surface area contributed by atoms with E-state index < -0.39 is 6.04 Å². The molecule has 0 bridgehead atoms. The van der Waals surface area contributed by atoms with E-state index in [2.05, 4.69) is 19.2 Å². The van der Waals surface area contributed by atoms with E-state index in [1.54, 1.807) is 24.1 Å². The van der Waals surface area contributed by atoms with Crippen LogP contribution < -0.4 is 10.1 Å². The van der Waals surface area contributed by atoms with E-state index in [0.29, 0.717) is 17.2 Å². The summed E-state index contributed by atoms with van der Waals surface area (Å²) in [4.78, 5) is 28.1. The Hall–Kier alpha value is -3.31. The summed E-state index contributed by atoms with van der Waals surface area (Å²) in [6.45, 7) is 4.22. The van der Waals surface area contributed by atoms with Crippen LogP contribution in [0.3, 0.4) is 0 Å². The lowest BCUT2D eigenvalue weighted by Crippen LogP contribution is -2.51. The van der Waals surface area contributed by atoms with Crippen LogP contribution in [0.5, 0.6) is 5.75 Å². The molecule has 0 aliphatic rings. The minimum Gasteiger partial charge on any atom is -0.483 e. The van der Waals surface area contributed by atoms with Gasteiger partial charge >= 0.3 is 0 Å². The van der Waals surface area contributed by atoms with Crippen molar-refractivity contribution in [2.24, 2.45) is 0 Å². The van der Waals surface area contributed by atoms with Gasteiger partial charge in [0.2, 0.25) is 5.91 Å². The van der Waals surface area contributed by atoms with E-state index in [1.807, 2.05) is 66.7 Å². The third-order valence-electron chi connectivity index (χ3n) is 5.65. The molecule has 3 rings (SSSR count). The van der Waals surface area contributed by atoms with Crippen LogP contribution >= 0.6 is 11.6 Å². The van der Waals surface area contributed by atoms with Crippen LogP contribution in [0.1, 0.15) is 36.5 Å². The fraction of sp³-hybridized carbons (Fsp3) is 0.286. The summed E-state index contributed by atoms with van der Waals surface area (Å²) in [6, 6.07) is 24.0. The molecule has 1 N–H and O–H groups in total. The van der Waals surface area contributed by atoms with E-state index in [1.165, 1.54) is 0 Å². The van der Waals surface area contributed by atoms with Gasteiger partial charge in [0, 0.05) is 25.0 Å². The van der Waals surface area contributed by atoms with Gasteiger partial charge in [0.25, 0.3) is 5.91 Å². The molecule has 6 heteroatoms. The average molecular weight is 479 g/mol. The Morgan fingerprint density at radius 1 is 0.941 bits per heavy atom. The first-order valence-corrected chi connectivity index (χ1v) is 11.8. The largest absolute Gasteiger partial charge is 0.483 e. The lowest BCUT2D eigenvalue weighted by Gasteiger charge is -2.31. The zero-order valence-corrected chi connectivity index (χ0v) is 20.6. The minimum atomic E-state index is -0.706. The first kappa shape index (κ1) is 25.3. The molecule has 1 unspecified atom stereocenters. The number of para-hydroxylation sites is 1. The Kier molecular flexibility index (Phi) is 9.11. The van der Waals surface area contributed by atoms with Gasteiger partial charge in [-0.2, -0.15) is 0 Å². The van der Waals surface area contributed by atoms with Gasteiger partial charge in [-0.05, 0) is 40.8 Å². The molecule has 3 aromatic carbocycles. The van der Waals surface area contributed by atoms with Gasteiger partial charge in [0.15, 0.2) is 6.61 Å². The lowest BCUT2D eigenvalue weighted by molar-refractivity contribution is -0.142. The fourth-order valence-electron chi connectivity index (χ4n) is 3.86. The van der Waals surface area contributed by atoms with Crippen LogP contribution in [0.4, 0.5) is 0 Å². The zero-order chi connectivity index (χ0) is 24.5. The molecule has 1 atom stereocenters. The number of carbonyl (C=O) groups excluding carboxylic acids is 2. The van der Waals surface area contributed by atoms with E-state index in [0.717, 1.165) is 16.7 Å². The number of likely N-dealkylation sites (N-methyl/N-ethyl adjacent to an activating group) is 1. The summed E-state index contributed by atoms with van der Waals surface area (Å²) < 4.78 is 5.97. The normalized spacial score (nSPS) is 11.7. The molecule has 0 fully saturated rings. The Labute approximate surface area is 206 Å². The lowest BCUT2D eigenvalue weighted by atomic mass is 10.0. The number of amides is 2. The van der Waals surface area contributed by atoms with E-state index >= 15 is 0 Å². The molecule has 0 radical (unpaired) electrons. The molecule has 0 aromatic heterocycles. The van der Waals surface area contributed by atoms with Crippen LogP contribution in [0.25, 0.3) is 0 Å². The zero-order valence-electron chi connectivity index (χ0n) is 19.8. The van der Waals surface area contributed by atoms with Crippen molar-refractivity contribution in [2.75, 3.05) is 13.7 Å². The van der Waals surface area contributed by atoms with Gasteiger partial charge in [-0.15, -0.1) is 0 Å². The van der Waals surface area contributed by atoms with Crippen molar-refractivity contribution in [1.29, 1.82) is 0 Å². The molecule has 0 aliphatic carbocycles. The van der Waals surface area contributed by atoms with Gasteiger partial charge in [-0.3, -0.25) is 9.59 Å². The van der Waals surface area contributed by atoms with Gasteiger partial charge in [0.05, 0.1) is 0 Å². The Balaban J connectivity index is 1.89. The molecule has 178 valence electrons. The number of nitrogens with zero attached hydrogens (tertiary/aromatic N) is 1. The fourth-order valence-corrected chi connectivity index (χ4v) is 4.08. The van der Waals surface area contributed by atoms with Crippen molar-refractivity contribution in [3.8, 4) is 5.75 Å². The second-order valence-corrected chi connectivity index (χ2v) is 8.89. The number of ether oxygens (including phenoxy) is 1. The molecule has 0 aliphatic heterocycles. The predicted octanol–water partition coefficient (Wildman–Crippen LogP) is 5.23. The van der Waals surface area contributed by atoms with E-state index in [4.69, 9.17) is 16.3 Å². The summed E-state index contributed by atoms with van der Waals surface area (Å²) in [7, 11) is 1.58. The maximum absolute atomic E-state index is 13.5. The second kappa shape index (κ2) is 12.2. The first-order chi connectivity index (χ1) is 16.4. The summed E-state index contributed by atoms with van der Waals surface area (Å²) in [5, 5.41) is 3.29. The highest BCUT2D eigenvalue weighted by molar-refractivity contribution is 6.30. The Morgan fingerprint density at radius 2 is 1.62 bits per heavy atom. The number of rotatable bonds is 10. The van der Waals surface area contributed by atoms with E-state index in [-0.39, 0.29) is 30.9 Å². The first-order valence-electron chi connectivity index (χ1n) is 11.4. The van der Waals surface area contributed by atoms with Crippen LogP contribution in [0.15, 0.2) is 78.9 Å². The molecule has 3 aromatic rings. The van der Waals surface area contributed by atoms with Crippen molar-refractivity contribution in [1.82, 2.24) is 10.2 Å². The number of hydrogen-bond acceptors (Lipinski definition) is 3. The third kappa shape index (κ3) is 6.84. The molecule has 34 heavy (non-hydrogen) atoms. The standard InChI is InChI=1S/C28H31ClN2O3/c1-20(2)24-14-7-8-15-26(24)34-19-27(32)31(18-22-12-9-13-23(29)16-22)25(28(33)30-3)17-21-10-5-4-6-11-21/h4-16,20,25H,17-19H2,1-3H3,(H,30,33). The quantitative estimate of drug-likeness (QED) is 0.434. The van der Waals surface area contributed by atoms with Crippen molar-refractivity contribution in [3.05, 3.63) is 101 Å². The Morgan fingerprint density at radius 3 is 2.29 bits per heavy atom. The molecular formula is C28H31ClN2O3. The molecule has 0 spiro atoms. The second-order valence-electron chi connectivity index (χ2n) is 8.45. The third-order valence-corrected chi connectivity index (χ3v) is 5.89. The predicted molar refractivity (Wildman–Crippen MR) is 136 cm³/mol. The van der Waals surface area contributed by atoms with Gasteiger partial charge in [-0.1, -0.05) is 86.1 Å². The summed E-state index contributed by atoms with van der Waals surface area (Å²) >= 11 is 6.19. The highest BCUT2D eigenvalue weighted by Gasteiger charge is 2.30. The highest BCUT2D eigenvalue weighted by Crippen LogP contribution is 2.26. The summed E-state index contributed by atoms with van der Waals surface area (Å²) in [5.41, 5.74) is 2.83. The number of nitrogens with one attached hydrogen (secondary N) is 1. The number of halogens is 1. The molecule has 0 saturated carbocycles. The summed E-state index contributed by atoms with van der Waals surface area (Å²) in [5.74, 6) is 0.420. The van der Waals surface area contributed by atoms with Crippen molar-refractivity contribution >= 4 is 23.4 Å². The molecule has 2 amide bonds. The molecule has 0 saturated heterocycles. The van der Waals surface area contributed by atoms with Gasteiger partial charge in [0.1, 0.15) is 11.8 Å². The van der Waals surface area contributed by atoms with Crippen molar-refractivity contribution in [3.63, 3.8) is 0 Å². The molecular weight excluding hydrogens is 448 g/mol. The molecule has 5 nitrogen and oxygen atoms in total. The average Bonchev–Trinajstić information content (AvgIpc) is 2.85. The van der Waals surface area contributed by atoms with Crippen LogP contribution in [0, 0.1) is 0 Å². The van der Waals surface area contributed by atoms with Crippen molar-refractivity contribution < 1.29 is 14.3 Å². The van der Waals surface area contributed by atoms with Crippen LogP contribution in [-0.4, -0.2) is 36.4 Å². The van der Waals surface area contributed by atoms with Crippen LogP contribution in [-0.2, 0) is 22.6 Å². The van der Waals surface area contributed by atoms with Crippen molar-refractivity contribution in [2.45, 2.75) is 38.8 Å². The maximum atomic E-state index is 13.5. The van der Waals surface area contributed by atoms with Crippen LogP contribution in [0.2, 0.25) is 5.02 Å². The smallest absolute Gasteiger partial charge is 0.261 e. The number of benzene rings is 3. The maximum Gasteiger partial charge on any atom is 0.261 e. The van der Waals surface area contributed by atoms with Gasteiger partial charge < -0.3 is 15.0 Å². The number of carbonyl (C=O) groups is 2. The van der Waals surface area contributed by atoms with Gasteiger partial charge in [-0.25, -0.2) is 0 Å². The SMILES string of the molecule is CNC(=O)C(Cc1ccccc1)N(Cc1cccc(Cl)c1)C(=O)COc1ccccc1C(C)C.